The molecule has 0 heterocycles. The Kier molecular flexibility index (Phi) is 7.61. The predicted molar refractivity (Wildman–Crippen MR) is 112 cm³/mol. The third-order valence-electron chi connectivity index (χ3n) is 3.75. The Morgan fingerprint density at radius 1 is 1.00 bits per heavy atom. The molecule has 2 amide bonds. The molecule has 0 aliphatic heterocycles. The Morgan fingerprint density at radius 3 is 2.07 bits per heavy atom. The summed E-state index contributed by atoms with van der Waals surface area (Å²) in [5.41, 5.74) is 1.20. The monoisotopic (exact) mass is 421 g/mol. The zero-order chi connectivity index (χ0) is 20.7. The van der Waals surface area contributed by atoms with E-state index >= 15 is 0 Å². The Balaban J connectivity index is 1.92. The summed E-state index contributed by atoms with van der Waals surface area (Å²) in [6.45, 7) is 3.72. The highest BCUT2D eigenvalue weighted by molar-refractivity contribution is 8.00. The number of primary sulfonamides is 1. The van der Waals surface area contributed by atoms with Crippen molar-refractivity contribution in [1.82, 2.24) is 0 Å². The smallest absolute Gasteiger partial charge is 0.238 e. The fraction of sp³-hybridized carbons (Fsp3) is 0.263. The fourth-order valence-electron chi connectivity index (χ4n) is 2.30. The standard InChI is InChI=1S/C19H23N3O4S2/c1-3-4-18(23)21-14-5-9-16(10-6-14)27-13(2)19(24)22-15-7-11-17(12-8-15)28(20,25)26/h5-13H,3-4H2,1-2H3,(H,21,23)(H,22,24)(H2,20,25,26). The summed E-state index contributed by atoms with van der Waals surface area (Å²) in [6, 6.07) is 12.9. The first-order valence-electron chi connectivity index (χ1n) is 8.69. The quantitative estimate of drug-likeness (QED) is 0.566. The highest BCUT2D eigenvalue weighted by Gasteiger charge is 2.15. The van der Waals surface area contributed by atoms with Gasteiger partial charge in [0, 0.05) is 22.7 Å². The molecule has 0 spiro atoms. The molecule has 0 saturated carbocycles. The van der Waals surface area contributed by atoms with Crippen molar-refractivity contribution in [2.45, 2.75) is 41.7 Å². The van der Waals surface area contributed by atoms with Crippen LogP contribution in [-0.4, -0.2) is 25.5 Å². The van der Waals surface area contributed by atoms with Gasteiger partial charge in [0.25, 0.3) is 0 Å². The first kappa shape index (κ1) is 21.9. The molecule has 0 aliphatic carbocycles. The van der Waals surface area contributed by atoms with Crippen LogP contribution in [0.5, 0.6) is 0 Å². The maximum atomic E-state index is 12.4. The van der Waals surface area contributed by atoms with Crippen molar-refractivity contribution >= 4 is 45.0 Å². The van der Waals surface area contributed by atoms with E-state index in [1.54, 1.807) is 19.1 Å². The van der Waals surface area contributed by atoms with Crippen molar-refractivity contribution in [3.63, 3.8) is 0 Å². The van der Waals surface area contributed by atoms with Crippen molar-refractivity contribution in [3.8, 4) is 0 Å². The van der Waals surface area contributed by atoms with Gasteiger partial charge in [0.05, 0.1) is 10.1 Å². The Hall–Kier alpha value is -2.36. The number of nitrogens with two attached hydrogens (primary N) is 1. The van der Waals surface area contributed by atoms with Crippen molar-refractivity contribution in [2.75, 3.05) is 10.6 Å². The summed E-state index contributed by atoms with van der Waals surface area (Å²) in [6.07, 6.45) is 1.27. The van der Waals surface area contributed by atoms with E-state index in [-0.39, 0.29) is 22.0 Å². The summed E-state index contributed by atoms with van der Waals surface area (Å²) < 4.78 is 22.5. The van der Waals surface area contributed by atoms with Crippen LogP contribution in [0.4, 0.5) is 11.4 Å². The summed E-state index contributed by atoms with van der Waals surface area (Å²) in [5.74, 6) is -0.238. The van der Waals surface area contributed by atoms with E-state index < -0.39 is 10.0 Å². The number of benzene rings is 2. The van der Waals surface area contributed by atoms with Gasteiger partial charge < -0.3 is 10.6 Å². The maximum Gasteiger partial charge on any atom is 0.238 e. The second-order valence-corrected chi connectivity index (χ2v) is 9.12. The van der Waals surface area contributed by atoms with Crippen LogP contribution in [0.1, 0.15) is 26.7 Å². The number of nitrogens with one attached hydrogen (secondary N) is 2. The molecular formula is C19H23N3O4S2. The molecule has 7 nitrogen and oxygen atoms in total. The van der Waals surface area contributed by atoms with Crippen molar-refractivity contribution in [3.05, 3.63) is 48.5 Å². The number of thioether (sulfide) groups is 1. The third kappa shape index (κ3) is 6.66. The lowest BCUT2D eigenvalue weighted by molar-refractivity contribution is -0.116. The van der Waals surface area contributed by atoms with Crippen molar-refractivity contribution < 1.29 is 18.0 Å². The normalized spacial score (nSPS) is 12.2. The Morgan fingerprint density at radius 2 is 1.54 bits per heavy atom. The molecule has 1 atom stereocenters. The van der Waals surface area contributed by atoms with Crippen LogP contribution in [0.3, 0.4) is 0 Å². The van der Waals surface area contributed by atoms with E-state index in [0.29, 0.717) is 12.1 Å². The number of anilines is 2. The molecule has 28 heavy (non-hydrogen) atoms. The highest BCUT2D eigenvalue weighted by atomic mass is 32.2. The van der Waals surface area contributed by atoms with Gasteiger partial charge in [-0.2, -0.15) is 0 Å². The first-order valence-corrected chi connectivity index (χ1v) is 11.1. The molecule has 9 heteroatoms. The van der Waals surface area contributed by atoms with Gasteiger partial charge >= 0.3 is 0 Å². The van der Waals surface area contributed by atoms with Crippen LogP contribution in [0.2, 0.25) is 0 Å². The first-order chi connectivity index (χ1) is 13.2. The third-order valence-corrected chi connectivity index (χ3v) is 5.79. The summed E-state index contributed by atoms with van der Waals surface area (Å²) in [4.78, 5) is 24.8. The van der Waals surface area contributed by atoms with Gasteiger partial charge in [0.2, 0.25) is 21.8 Å². The minimum absolute atomic E-state index is 0.0148. The van der Waals surface area contributed by atoms with E-state index in [1.807, 2.05) is 19.1 Å². The molecule has 1 unspecified atom stereocenters. The molecule has 4 N–H and O–H groups in total. The van der Waals surface area contributed by atoms with Gasteiger partial charge in [0.15, 0.2) is 0 Å². The van der Waals surface area contributed by atoms with Crippen LogP contribution in [0.15, 0.2) is 58.3 Å². The van der Waals surface area contributed by atoms with E-state index in [9.17, 15) is 18.0 Å². The number of rotatable bonds is 8. The van der Waals surface area contributed by atoms with Crippen LogP contribution in [0.25, 0.3) is 0 Å². The maximum absolute atomic E-state index is 12.4. The zero-order valence-corrected chi connectivity index (χ0v) is 17.3. The van der Waals surface area contributed by atoms with E-state index in [0.717, 1.165) is 17.0 Å². The molecule has 150 valence electrons. The molecular weight excluding hydrogens is 398 g/mol. The molecule has 0 aromatic heterocycles. The van der Waals surface area contributed by atoms with Gasteiger partial charge in [-0.3, -0.25) is 9.59 Å². The van der Waals surface area contributed by atoms with Gasteiger partial charge in [0.1, 0.15) is 0 Å². The number of carbonyl (C=O) groups excluding carboxylic acids is 2. The average Bonchev–Trinajstić information content (AvgIpc) is 2.63. The lowest BCUT2D eigenvalue weighted by atomic mass is 10.3. The van der Waals surface area contributed by atoms with Crippen LogP contribution >= 0.6 is 11.8 Å². The second kappa shape index (κ2) is 9.72. The van der Waals surface area contributed by atoms with Crippen LogP contribution in [-0.2, 0) is 19.6 Å². The predicted octanol–water partition coefficient (Wildman–Crippen LogP) is 3.19. The summed E-state index contributed by atoms with van der Waals surface area (Å²) in [7, 11) is -3.76. The number of hydrogen-bond acceptors (Lipinski definition) is 5. The van der Waals surface area contributed by atoms with E-state index in [1.165, 1.54) is 36.0 Å². The second-order valence-electron chi connectivity index (χ2n) is 6.14. The van der Waals surface area contributed by atoms with Crippen LogP contribution < -0.4 is 15.8 Å². The summed E-state index contributed by atoms with van der Waals surface area (Å²) >= 11 is 1.38. The largest absolute Gasteiger partial charge is 0.326 e. The molecule has 0 radical (unpaired) electrons. The van der Waals surface area contributed by atoms with E-state index in [2.05, 4.69) is 10.6 Å². The number of amides is 2. The van der Waals surface area contributed by atoms with Crippen LogP contribution in [0, 0.1) is 0 Å². The Bertz CT molecular complexity index is 927. The lowest BCUT2D eigenvalue weighted by Crippen LogP contribution is -2.22. The highest BCUT2D eigenvalue weighted by Crippen LogP contribution is 2.26. The van der Waals surface area contributed by atoms with E-state index in [4.69, 9.17) is 5.14 Å². The van der Waals surface area contributed by atoms with Crippen molar-refractivity contribution in [2.24, 2.45) is 5.14 Å². The average molecular weight is 422 g/mol. The lowest BCUT2D eigenvalue weighted by Gasteiger charge is -2.13. The molecule has 2 rings (SSSR count). The van der Waals surface area contributed by atoms with Gasteiger partial charge in [-0.25, -0.2) is 13.6 Å². The van der Waals surface area contributed by atoms with Gasteiger partial charge in [-0.1, -0.05) is 6.92 Å². The number of carbonyl (C=O) groups is 2. The topological polar surface area (TPSA) is 118 Å². The molecule has 0 aliphatic rings. The summed E-state index contributed by atoms with van der Waals surface area (Å²) in [5, 5.41) is 10.2. The van der Waals surface area contributed by atoms with Gasteiger partial charge in [-0.05, 0) is 61.9 Å². The number of hydrogen-bond donors (Lipinski definition) is 3. The Labute approximate surface area is 169 Å². The molecule has 0 bridgehead atoms. The zero-order valence-electron chi connectivity index (χ0n) is 15.6. The molecule has 0 saturated heterocycles. The number of sulfonamides is 1. The fourth-order valence-corrected chi connectivity index (χ4v) is 3.68. The minimum Gasteiger partial charge on any atom is -0.326 e. The van der Waals surface area contributed by atoms with Crippen molar-refractivity contribution in [1.29, 1.82) is 0 Å². The molecule has 2 aromatic rings. The minimum atomic E-state index is -3.76. The SMILES string of the molecule is CCCC(=O)Nc1ccc(SC(C)C(=O)Nc2ccc(S(N)(=O)=O)cc2)cc1. The van der Waals surface area contributed by atoms with Gasteiger partial charge in [-0.15, -0.1) is 11.8 Å². The molecule has 0 fully saturated rings. The molecule has 2 aromatic carbocycles.